The van der Waals surface area contributed by atoms with Gasteiger partial charge in [0.05, 0.1) is 0 Å². The van der Waals surface area contributed by atoms with Crippen LogP contribution in [-0.4, -0.2) is 19.8 Å². The summed E-state index contributed by atoms with van der Waals surface area (Å²) in [5.41, 5.74) is 5.51. The van der Waals surface area contributed by atoms with E-state index in [1.807, 2.05) is 17.5 Å². The van der Waals surface area contributed by atoms with Gasteiger partial charge in [0.1, 0.15) is 0 Å². The van der Waals surface area contributed by atoms with Crippen molar-refractivity contribution in [3.05, 3.63) is 41.1 Å². The SMILES string of the molecule is Cc1cc(C)cc(-c2nnc3cc(C)[nH]n23)c1. The maximum atomic E-state index is 4.23. The zero-order valence-electron chi connectivity index (χ0n) is 10.2. The number of H-pyrrole nitrogens is 1. The fourth-order valence-electron chi connectivity index (χ4n) is 2.19. The summed E-state index contributed by atoms with van der Waals surface area (Å²) in [5, 5.41) is 11.6. The fraction of sp³-hybridized carbons (Fsp3) is 0.231. The summed E-state index contributed by atoms with van der Waals surface area (Å²) in [5.74, 6) is 0.861. The van der Waals surface area contributed by atoms with Crippen LogP contribution in [0.2, 0.25) is 0 Å². The van der Waals surface area contributed by atoms with Crippen LogP contribution in [0.15, 0.2) is 24.3 Å². The highest BCUT2D eigenvalue weighted by molar-refractivity contribution is 5.61. The molecule has 0 saturated heterocycles. The average molecular weight is 226 g/mol. The molecule has 0 aliphatic rings. The van der Waals surface area contributed by atoms with E-state index in [-0.39, 0.29) is 0 Å². The van der Waals surface area contributed by atoms with Crippen LogP contribution in [0, 0.1) is 20.8 Å². The van der Waals surface area contributed by atoms with Crippen LogP contribution in [0.5, 0.6) is 0 Å². The Morgan fingerprint density at radius 2 is 1.65 bits per heavy atom. The first-order chi connectivity index (χ1) is 8.13. The maximum absolute atomic E-state index is 4.23. The second kappa shape index (κ2) is 3.45. The lowest BCUT2D eigenvalue weighted by atomic mass is 10.1. The Morgan fingerprint density at radius 1 is 0.941 bits per heavy atom. The van der Waals surface area contributed by atoms with Crippen LogP contribution in [0.25, 0.3) is 17.0 Å². The van der Waals surface area contributed by atoms with Crippen molar-refractivity contribution in [2.45, 2.75) is 20.8 Å². The van der Waals surface area contributed by atoms with Crippen LogP contribution in [0.3, 0.4) is 0 Å². The highest BCUT2D eigenvalue weighted by Crippen LogP contribution is 2.21. The van der Waals surface area contributed by atoms with Gasteiger partial charge in [0.2, 0.25) is 0 Å². The molecule has 0 bridgehead atoms. The van der Waals surface area contributed by atoms with Crippen molar-refractivity contribution in [2.75, 3.05) is 0 Å². The number of aromatic nitrogens is 4. The minimum atomic E-state index is 0.858. The zero-order valence-corrected chi connectivity index (χ0v) is 10.2. The summed E-state index contributed by atoms with van der Waals surface area (Å²) in [6, 6.07) is 8.39. The van der Waals surface area contributed by atoms with E-state index in [9.17, 15) is 0 Å². The fourth-order valence-corrected chi connectivity index (χ4v) is 2.19. The summed E-state index contributed by atoms with van der Waals surface area (Å²) in [6.07, 6.45) is 0. The molecule has 2 aromatic heterocycles. The molecule has 2 heterocycles. The lowest BCUT2D eigenvalue weighted by molar-refractivity contribution is 0.938. The molecule has 0 fully saturated rings. The van der Waals surface area contributed by atoms with Gasteiger partial charge in [-0.3, -0.25) is 5.10 Å². The van der Waals surface area contributed by atoms with E-state index in [1.54, 1.807) is 0 Å². The van der Waals surface area contributed by atoms with Crippen molar-refractivity contribution in [1.82, 2.24) is 19.8 Å². The molecule has 3 rings (SSSR count). The van der Waals surface area contributed by atoms with E-state index in [4.69, 9.17) is 0 Å². The molecule has 0 spiro atoms. The van der Waals surface area contributed by atoms with Gasteiger partial charge < -0.3 is 0 Å². The van der Waals surface area contributed by atoms with E-state index in [1.165, 1.54) is 11.1 Å². The minimum absolute atomic E-state index is 0.858. The van der Waals surface area contributed by atoms with E-state index in [2.05, 4.69) is 47.3 Å². The first-order valence-electron chi connectivity index (χ1n) is 5.63. The Kier molecular flexibility index (Phi) is 2.04. The molecule has 4 heteroatoms. The van der Waals surface area contributed by atoms with Gasteiger partial charge >= 0.3 is 0 Å². The van der Waals surface area contributed by atoms with Crippen molar-refractivity contribution in [3.63, 3.8) is 0 Å². The summed E-state index contributed by atoms with van der Waals surface area (Å²) in [6.45, 7) is 6.20. The Balaban J connectivity index is 2.26. The Hall–Kier alpha value is -2.10. The number of fused-ring (bicyclic) bond motifs is 1. The third kappa shape index (κ3) is 1.62. The van der Waals surface area contributed by atoms with Gasteiger partial charge in [0.25, 0.3) is 0 Å². The number of rotatable bonds is 1. The minimum Gasteiger partial charge on any atom is -0.295 e. The van der Waals surface area contributed by atoms with Crippen molar-refractivity contribution in [3.8, 4) is 11.4 Å². The molecule has 0 aliphatic heterocycles. The van der Waals surface area contributed by atoms with Crippen molar-refractivity contribution in [2.24, 2.45) is 0 Å². The number of aromatic amines is 1. The quantitative estimate of drug-likeness (QED) is 0.693. The monoisotopic (exact) mass is 226 g/mol. The van der Waals surface area contributed by atoms with Gasteiger partial charge in [-0.1, -0.05) is 17.2 Å². The first kappa shape index (κ1) is 10.1. The molecule has 3 aromatic rings. The summed E-state index contributed by atoms with van der Waals surface area (Å²) < 4.78 is 1.92. The average Bonchev–Trinajstić information content (AvgIpc) is 2.74. The second-order valence-electron chi connectivity index (χ2n) is 4.53. The summed E-state index contributed by atoms with van der Waals surface area (Å²) >= 11 is 0. The Labute approximate surface area is 99.3 Å². The van der Waals surface area contributed by atoms with E-state index in [0.29, 0.717) is 0 Å². The van der Waals surface area contributed by atoms with Crippen LogP contribution in [-0.2, 0) is 0 Å². The molecule has 4 nitrogen and oxygen atoms in total. The van der Waals surface area contributed by atoms with Gasteiger partial charge in [-0.25, -0.2) is 4.52 Å². The molecule has 86 valence electrons. The molecule has 1 N–H and O–H groups in total. The number of nitrogens with one attached hydrogen (secondary N) is 1. The third-order valence-corrected chi connectivity index (χ3v) is 2.80. The van der Waals surface area contributed by atoms with Crippen LogP contribution in [0.1, 0.15) is 16.8 Å². The van der Waals surface area contributed by atoms with Gasteiger partial charge in [0.15, 0.2) is 11.5 Å². The summed E-state index contributed by atoms with van der Waals surface area (Å²) in [7, 11) is 0. The van der Waals surface area contributed by atoms with Crippen LogP contribution in [0.4, 0.5) is 0 Å². The van der Waals surface area contributed by atoms with Gasteiger partial charge in [-0.05, 0) is 32.9 Å². The smallest absolute Gasteiger partial charge is 0.183 e. The van der Waals surface area contributed by atoms with Crippen molar-refractivity contribution < 1.29 is 0 Å². The normalized spacial score (nSPS) is 11.2. The van der Waals surface area contributed by atoms with E-state index in [0.717, 1.165) is 22.7 Å². The number of nitrogens with zero attached hydrogens (tertiary/aromatic N) is 3. The van der Waals surface area contributed by atoms with Gasteiger partial charge in [0, 0.05) is 17.3 Å². The first-order valence-corrected chi connectivity index (χ1v) is 5.63. The Bertz CT molecular complexity index is 670. The topological polar surface area (TPSA) is 46.0 Å². The van der Waals surface area contributed by atoms with Crippen LogP contribution >= 0.6 is 0 Å². The van der Waals surface area contributed by atoms with Gasteiger partial charge in [-0.2, -0.15) is 0 Å². The number of hydrogen-bond acceptors (Lipinski definition) is 2. The Morgan fingerprint density at radius 3 is 2.35 bits per heavy atom. The lowest BCUT2D eigenvalue weighted by Crippen LogP contribution is -1.92. The number of benzene rings is 1. The predicted octanol–water partition coefficient (Wildman–Crippen LogP) is 2.65. The second-order valence-corrected chi connectivity index (χ2v) is 4.53. The molecule has 0 unspecified atom stereocenters. The highest BCUT2D eigenvalue weighted by Gasteiger charge is 2.10. The molecular weight excluding hydrogens is 212 g/mol. The number of hydrogen-bond donors (Lipinski definition) is 1. The number of aryl methyl sites for hydroxylation is 3. The molecule has 1 aromatic carbocycles. The van der Waals surface area contributed by atoms with E-state index >= 15 is 0 Å². The predicted molar refractivity (Wildman–Crippen MR) is 67.0 cm³/mol. The molecule has 0 radical (unpaired) electrons. The maximum Gasteiger partial charge on any atom is 0.183 e. The molecule has 0 atom stereocenters. The molecule has 17 heavy (non-hydrogen) atoms. The van der Waals surface area contributed by atoms with Crippen molar-refractivity contribution in [1.29, 1.82) is 0 Å². The molecule has 0 aliphatic carbocycles. The molecular formula is C13H14N4. The molecule has 0 amide bonds. The highest BCUT2D eigenvalue weighted by atomic mass is 15.4. The van der Waals surface area contributed by atoms with Crippen LogP contribution < -0.4 is 0 Å². The summed E-state index contributed by atoms with van der Waals surface area (Å²) in [4.78, 5) is 0. The van der Waals surface area contributed by atoms with E-state index < -0.39 is 0 Å². The molecule has 0 saturated carbocycles. The third-order valence-electron chi connectivity index (χ3n) is 2.80. The van der Waals surface area contributed by atoms with Crippen molar-refractivity contribution >= 4 is 5.65 Å². The zero-order chi connectivity index (χ0) is 12.0. The van der Waals surface area contributed by atoms with Gasteiger partial charge in [-0.15, -0.1) is 10.2 Å². The largest absolute Gasteiger partial charge is 0.295 e. The lowest BCUT2D eigenvalue weighted by Gasteiger charge is -2.02. The standard InChI is InChI=1S/C13H14N4/c1-8-4-9(2)6-11(5-8)13-15-14-12-7-10(3)16-17(12)13/h4-7,16H,1-3H3.